The number of nitrogens with one attached hydrogen (secondary N) is 2. The number of amides is 1. The number of ether oxygens (including phenoxy) is 1. The fourth-order valence-electron chi connectivity index (χ4n) is 2.19. The van der Waals surface area contributed by atoms with Crippen LogP contribution in [0.4, 0.5) is 17.3 Å². The number of para-hydroxylation sites is 1. The minimum Gasteiger partial charge on any atom is -0.484 e. The van der Waals surface area contributed by atoms with Crippen molar-refractivity contribution in [1.29, 1.82) is 0 Å². The summed E-state index contributed by atoms with van der Waals surface area (Å²) in [5.41, 5.74) is 1.77. The van der Waals surface area contributed by atoms with Gasteiger partial charge in [-0.15, -0.1) is 10.2 Å². The standard InChI is InChI=1S/C19H17ClN4O2/c1-13-15(20)8-5-9-16(13)21-17-10-11-18(24-23-17)22-19(25)12-26-14-6-3-2-4-7-14/h2-11H,12H2,1H3,(H,21,23)(H,22,24,25). The van der Waals surface area contributed by atoms with Crippen molar-refractivity contribution in [1.82, 2.24) is 10.2 Å². The number of carbonyl (C=O) groups is 1. The highest BCUT2D eigenvalue weighted by molar-refractivity contribution is 6.31. The van der Waals surface area contributed by atoms with Gasteiger partial charge in [-0.25, -0.2) is 0 Å². The molecule has 1 heterocycles. The van der Waals surface area contributed by atoms with Gasteiger partial charge in [0, 0.05) is 10.7 Å². The predicted molar refractivity (Wildman–Crippen MR) is 102 cm³/mol. The average molecular weight is 369 g/mol. The van der Waals surface area contributed by atoms with E-state index in [4.69, 9.17) is 16.3 Å². The number of hydrogen-bond acceptors (Lipinski definition) is 5. The highest BCUT2D eigenvalue weighted by atomic mass is 35.5. The molecule has 0 fully saturated rings. The minimum absolute atomic E-state index is 0.104. The molecule has 0 atom stereocenters. The van der Waals surface area contributed by atoms with Crippen LogP contribution in [0, 0.1) is 6.92 Å². The molecule has 1 aromatic heterocycles. The first kappa shape index (κ1) is 17.7. The first-order chi connectivity index (χ1) is 12.6. The molecule has 0 saturated carbocycles. The third-order valence-corrected chi connectivity index (χ3v) is 3.99. The Hall–Kier alpha value is -3.12. The van der Waals surface area contributed by atoms with Crippen molar-refractivity contribution in [2.45, 2.75) is 6.92 Å². The highest BCUT2D eigenvalue weighted by Crippen LogP contribution is 2.25. The van der Waals surface area contributed by atoms with Crippen molar-refractivity contribution >= 4 is 34.8 Å². The number of anilines is 3. The topological polar surface area (TPSA) is 76.1 Å². The van der Waals surface area contributed by atoms with E-state index in [0.29, 0.717) is 22.4 Å². The van der Waals surface area contributed by atoms with E-state index in [2.05, 4.69) is 20.8 Å². The van der Waals surface area contributed by atoms with Gasteiger partial charge in [0.1, 0.15) is 5.75 Å². The highest BCUT2D eigenvalue weighted by Gasteiger charge is 2.07. The molecule has 2 N–H and O–H groups in total. The molecule has 0 saturated heterocycles. The zero-order valence-corrected chi connectivity index (χ0v) is 14.8. The Morgan fingerprint density at radius 2 is 1.73 bits per heavy atom. The molecule has 0 aliphatic heterocycles. The second kappa shape index (κ2) is 8.31. The van der Waals surface area contributed by atoms with E-state index in [9.17, 15) is 4.79 Å². The van der Waals surface area contributed by atoms with Crippen molar-refractivity contribution in [2.75, 3.05) is 17.2 Å². The fraction of sp³-hybridized carbons (Fsp3) is 0.105. The lowest BCUT2D eigenvalue weighted by atomic mass is 10.2. The minimum atomic E-state index is -0.311. The zero-order chi connectivity index (χ0) is 18.4. The molecule has 1 amide bonds. The van der Waals surface area contributed by atoms with Gasteiger partial charge in [-0.3, -0.25) is 4.79 Å². The molecule has 0 bridgehead atoms. The summed E-state index contributed by atoms with van der Waals surface area (Å²) >= 11 is 6.10. The maximum absolute atomic E-state index is 11.9. The molecule has 132 valence electrons. The molecular formula is C19H17ClN4O2. The van der Waals surface area contributed by atoms with Crippen molar-refractivity contribution in [3.8, 4) is 5.75 Å². The van der Waals surface area contributed by atoms with Crippen LogP contribution in [-0.2, 0) is 4.79 Å². The largest absolute Gasteiger partial charge is 0.484 e. The third kappa shape index (κ3) is 4.70. The number of halogens is 1. The molecule has 7 heteroatoms. The van der Waals surface area contributed by atoms with Crippen LogP contribution >= 0.6 is 11.6 Å². The maximum atomic E-state index is 11.9. The third-order valence-electron chi connectivity index (χ3n) is 3.58. The molecule has 6 nitrogen and oxygen atoms in total. The van der Waals surface area contributed by atoms with Crippen LogP contribution in [0.15, 0.2) is 60.7 Å². The molecule has 0 spiro atoms. The first-order valence-electron chi connectivity index (χ1n) is 7.95. The van der Waals surface area contributed by atoms with Gasteiger partial charge < -0.3 is 15.4 Å². The van der Waals surface area contributed by atoms with E-state index in [1.54, 1.807) is 24.3 Å². The Morgan fingerprint density at radius 1 is 1.00 bits per heavy atom. The Labute approximate surface area is 156 Å². The van der Waals surface area contributed by atoms with Gasteiger partial charge in [-0.1, -0.05) is 35.9 Å². The van der Waals surface area contributed by atoms with Gasteiger partial charge in [0.25, 0.3) is 5.91 Å². The van der Waals surface area contributed by atoms with Crippen molar-refractivity contribution in [3.63, 3.8) is 0 Å². The summed E-state index contributed by atoms with van der Waals surface area (Å²) < 4.78 is 5.38. The summed E-state index contributed by atoms with van der Waals surface area (Å²) in [4.78, 5) is 11.9. The number of benzene rings is 2. The average Bonchev–Trinajstić information content (AvgIpc) is 2.66. The summed E-state index contributed by atoms with van der Waals surface area (Å²) in [5, 5.41) is 14.5. The van der Waals surface area contributed by atoms with Crippen molar-refractivity contribution in [2.24, 2.45) is 0 Å². The van der Waals surface area contributed by atoms with Crippen LogP contribution in [0.25, 0.3) is 0 Å². The molecule has 0 unspecified atom stereocenters. The number of nitrogens with zero attached hydrogens (tertiary/aromatic N) is 2. The smallest absolute Gasteiger partial charge is 0.263 e. The van der Waals surface area contributed by atoms with Crippen LogP contribution in [0.3, 0.4) is 0 Å². The van der Waals surface area contributed by atoms with Gasteiger partial charge in [0.2, 0.25) is 0 Å². The molecule has 0 aliphatic rings. The van der Waals surface area contributed by atoms with E-state index < -0.39 is 0 Å². The van der Waals surface area contributed by atoms with E-state index in [1.165, 1.54) is 0 Å². The molecule has 0 radical (unpaired) electrons. The summed E-state index contributed by atoms with van der Waals surface area (Å²) in [7, 11) is 0. The van der Waals surface area contributed by atoms with Crippen LogP contribution in [0.2, 0.25) is 5.02 Å². The second-order valence-corrected chi connectivity index (χ2v) is 5.90. The van der Waals surface area contributed by atoms with Crippen LogP contribution in [0.5, 0.6) is 5.75 Å². The molecular weight excluding hydrogens is 352 g/mol. The lowest BCUT2D eigenvalue weighted by Gasteiger charge is -2.10. The number of aromatic nitrogens is 2. The summed E-state index contributed by atoms with van der Waals surface area (Å²) in [6.45, 7) is 1.81. The van der Waals surface area contributed by atoms with Gasteiger partial charge in [0.15, 0.2) is 18.2 Å². The van der Waals surface area contributed by atoms with Crippen LogP contribution < -0.4 is 15.4 Å². The Morgan fingerprint density at radius 3 is 2.46 bits per heavy atom. The lowest BCUT2D eigenvalue weighted by molar-refractivity contribution is -0.118. The number of rotatable bonds is 6. The SMILES string of the molecule is Cc1c(Cl)cccc1Nc1ccc(NC(=O)COc2ccccc2)nn1. The summed E-state index contributed by atoms with van der Waals surface area (Å²) in [5.74, 6) is 1.22. The summed E-state index contributed by atoms with van der Waals surface area (Å²) in [6.07, 6.45) is 0. The monoisotopic (exact) mass is 368 g/mol. The van der Waals surface area contributed by atoms with Gasteiger partial charge >= 0.3 is 0 Å². The molecule has 0 aliphatic carbocycles. The summed E-state index contributed by atoms with van der Waals surface area (Å²) in [6, 6.07) is 18.1. The van der Waals surface area contributed by atoms with Gasteiger partial charge in [-0.05, 0) is 48.9 Å². The van der Waals surface area contributed by atoms with Crippen LogP contribution in [-0.4, -0.2) is 22.7 Å². The Balaban J connectivity index is 1.55. The second-order valence-electron chi connectivity index (χ2n) is 5.49. The van der Waals surface area contributed by atoms with E-state index in [-0.39, 0.29) is 12.5 Å². The number of hydrogen-bond donors (Lipinski definition) is 2. The molecule has 2 aromatic carbocycles. The number of carbonyl (C=O) groups excluding carboxylic acids is 1. The van der Waals surface area contributed by atoms with Gasteiger partial charge in [0.05, 0.1) is 0 Å². The predicted octanol–water partition coefficient (Wildman–Crippen LogP) is 4.20. The van der Waals surface area contributed by atoms with Crippen molar-refractivity contribution < 1.29 is 9.53 Å². The first-order valence-corrected chi connectivity index (χ1v) is 8.33. The van der Waals surface area contributed by atoms with Gasteiger partial charge in [-0.2, -0.15) is 0 Å². The normalized spacial score (nSPS) is 10.2. The fourth-order valence-corrected chi connectivity index (χ4v) is 2.37. The Kier molecular flexibility index (Phi) is 5.66. The van der Waals surface area contributed by atoms with E-state index in [0.717, 1.165) is 11.3 Å². The molecule has 3 aromatic rings. The maximum Gasteiger partial charge on any atom is 0.263 e. The quantitative estimate of drug-likeness (QED) is 0.682. The lowest BCUT2D eigenvalue weighted by Crippen LogP contribution is -2.21. The van der Waals surface area contributed by atoms with E-state index in [1.807, 2.05) is 43.3 Å². The van der Waals surface area contributed by atoms with E-state index >= 15 is 0 Å². The zero-order valence-electron chi connectivity index (χ0n) is 14.1. The van der Waals surface area contributed by atoms with Crippen molar-refractivity contribution in [3.05, 3.63) is 71.2 Å². The van der Waals surface area contributed by atoms with Crippen LogP contribution in [0.1, 0.15) is 5.56 Å². The molecule has 3 rings (SSSR count). The molecule has 26 heavy (non-hydrogen) atoms. The Bertz CT molecular complexity index is 886.